The molecule has 19 heavy (non-hydrogen) atoms. The Morgan fingerprint density at radius 3 is 2.32 bits per heavy atom. The molecule has 0 aliphatic heterocycles. The predicted molar refractivity (Wildman–Crippen MR) is 70.7 cm³/mol. The summed E-state index contributed by atoms with van der Waals surface area (Å²) >= 11 is 5.42. The van der Waals surface area contributed by atoms with E-state index in [1.54, 1.807) is 0 Å². The Morgan fingerprint density at radius 2 is 1.74 bits per heavy atom. The topological polar surface area (TPSA) is 68.0 Å². The summed E-state index contributed by atoms with van der Waals surface area (Å²) in [4.78, 5) is 12.4. The van der Waals surface area contributed by atoms with E-state index in [4.69, 9.17) is 11.6 Å². The minimum atomic E-state index is -0.599. The van der Waals surface area contributed by atoms with Gasteiger partial charge in [0.25, 0.3) is 5.24 Å². The number of carbonyl (C=O) groups is 1. The van der Waals surface area contributed by atoms with Crippen molar-refractivity contribution in [3.63, 3.8) is 0 Å². The Balaban J connectivity index is 2.20. The zero-order valence-corrected chi connectivity index (χ0v) is 10.4. The van der Waals surface area contributed by atoms with Crippen LogP contribution in [0.4, 0.5) is 0 Å². The van der Waals surface area contributed by atoms with E-state index in [2.05, 4.69) is 10.2 Å². The van der Waals surface area contributed by atoms with Gasteiger partial charge in [-0.2, -0.15) is 0 Å². The third-order valence-corrected chi connectivity index (χ3v) is 2.92. The van der Waals surface area contributed by atoms with Crippen molar-refractivity contribution in [3.8, 4) is 11.4 Å². The van der Waals surface area contributed by atoms with E-state index in [-0.39, 0.29) is 11.3 Å². The van der Waals surface area contributed by atoms with Crippen LogP contribution in [0.15, 0.2) is 42.5 Å². The van der Waals surface area contributed by atoms with Gasteiger partial charge in [0.05, 0.1) is 0 Å². The average Bonchev–Trinajstić information content (AvgIpc) is 2.82. The SMILES string of the molecule is O=C(Cl)c1ccc(O)c(-n2nc3ccccc3n2)c1. The first-order valence-corrected chi connectivity index (χ1v) is 5.88. The Bertz CT molecular complexity index is 749. The number of carbonyl (C=O) groups excluding carboxylic acids is 1. The summed E-state index contributed by atoms with van der Waals surface area (Å²) in [7, 11) is 0. The van der Waals surface area contributed by atoms with Crippen molar-refractivity contribution in [3.05, 3.63) is 48.0 Å². The van der Waals surface area contributed by atoms with Crippen molar-refractivity contribution in [2.45, 2.75) is 0 Å². The fourth-order valence-corrected chi connectivity index (χ4v) is 1.89. The first kappa shape index (κ1) is 11.7. The molecule has 0 aliphatic carbocycles. The number of phenols is 1. The van der Waals surface area contributed by atoms with Crippen molar-refractivity contribution < 1.29 is 9.90 Å². The number of fused-ring (bicyclic) bond motifs is 1. The summed E-state index contributed by atoms with van der Waals surface area (Å²) in [6.45, 7) is 0. The highest BCUT2D eigenvalue weighted by Crippen LogP contribution is 2.23. The molecular weight excluding hydrogens is 266 g/mol. The van der Waals surface area contributed by atoms with Gasteiger partial charge >= 0.3 is 0 Å². The average molecular weight is 274 g/mol. The van der Waals surface area contributed by atoms with E-state index >= 15 is 0 Å². The first-order chi connectivity index (χ1) is 9.15. The van der Waals surface area contributed by atoms with Crippen LogP contribution in [0.5, 0.6) is 5.75 Å². The number of aromatic nitrogens is 3. The molecule has 0 amide bonds. The van der Waals surface area contributed by atoms with Crippen LogP contribution < -0.4 is 0 Å². The monoisotopic (exact) mass is 273 g/mol. The molecule has 0 aliphatic rings. The Kier molecular flexibility index (Phi) is 2.68. The van der Waals surface area contributed by atoms with Crippen LogP contribution in [-0.2, 0) is 0 Å². The second-order valence-corrected chi connectivity index (χ2v) is 4.30. The number of hydrogen-bond acceptors (Lipinski definition) is 4. The molecule has 2 aromatic carbocycles. The summed E-state index contributed by atoms with van der Waals surface area (Å²) in [6.07, 6.45) is 0. The molecule has 0 saturated heterocycles. The number of halogens is 1. The molecule has 0 spiro atoms. The van der Waals surface area contributed by atoms with Crippen molar-refractivity contribution in [1.82, 2.24) is 15.0 Å². The van der Waals surface area contributed by atoms with Crippen molar-refractivity contribution in [1.29, 1.82) is 0 Å². The first-order valence-electron chi connectivity index (χ1n) is 5.50. The lowest BCUT2D eigenvalue weighted by Crippen LogP contribution is -2.01. The highest BCUT2D eigenvalue weighted by Gasteiger charge is 2.11. The summed E-state index contributed by atoms with van der Waals surface area (Å²) in [5.74, 6) is -0.0260. The molecule has 0 fully saturated rings. The highest BCUT2D eigenvalue weighted by atomic mass is 35.5. The van der Waals surface area contributed by atoms with Gasteiger partial charge in [0.1, 0.15) is 22.5 Å². The molecule has 0 atom stereocenters. The maximum absolute atomic E-state index is 11.1. The number of nitrogens with zero attached hydrogens (tertiary/aromatic N) is 3. The van der Waals surface area contributed by atoms with Gasteiger partial charge in [0.2, 0.25) is 0 Å². The van der Waals surface area contributed by atoms with Crippen LogP contribution in [0.25, 0.3) is 16.7 Å². The maximum atomic E-state index is 11.1. The summed E-state index contributed by atoms with van der Waals surface area (Å²) < 4.78 is 0. The van der Waals surface area contributed by atoms with Crippen molar-refractivity contribution >= 4 is 27.9 Å². The van der Waals surface area contributed by atoms with Crippen LogP contribution in [-0.4, -0.2) is 25.3 Å². The zero-order chi connectivity index (χ0) is 13.4. The van der Waals surface area contributed by atoms with Gasteiger partial charge in [-0.05, 0) is 41.9 Å². The smallest absolute Gasteiger partial charge is 0.252 e. The molecule has 0 bridgehead atoms. The second kappa shape index (κ2) is 4.37. The van der Waals surface area contributed by atoms with Gasteiger partial charge < -0.3 is 5.11 Å². The molecule has 3 aromatic rings. The summed E-state index contributed by atoms with van der Waals surface area (Å²) in [5.41, 5.74) is 1.98. The van der Waals surface area contributed by atoms with E-state index in [0.29, 0.717) is 16.7 Å². The largest absolute Gasteiger partial charge is 0.506 e. The molecule has 0 unspecified atom stereocenters. The van der Waals surface area contributed by atoms with Gasteiger partial charge in [0, 0.05) is 5.56 Å². The third-order valence-electron chi connectivity index (χ3n) is 2.70. The van der Waals surface area contributed by atoms with E-state index < -0.39 is 5.24 Å². The fourth-order valence-electron chi connectivity index (χ4n) is 1.77. The molecule has 1 N–H and O–H groups in total. The Labute approximate surface area is 113 Å². The molecule has 1 aromatic heterocycles. The lowest BCUT2D eigenvalue weighted by molar-refractivity contribution is 0.108. The van der Waals surface area contributed by atoms with E-state index in [9.17, 15) is 9.90 Å². The molecule has 94 valence electrons. The van der Waals surface area contributed by atoms with Gasteiger partial charge in [0.15, 0.2) is 0 Å². The second-order valence-electron chi connectivity index (χ2n) is 3.96. The molecule has 6 heteroatoms. The minimum Gasteiger partial charge on any atom is -0.506 e. The van der Waals surface area contributed by atoms with E-state index in [1.165, 1.54) is 23.0 Å². The number of benzene rings is 2. The Morgan fingerprint density at radius 1 is 1.11 bits per heavy atom. The maximum Gasteiger partial charge on any atom is 0.252 e. The van der Waals surface area contributed by atoms with Crippen molar-refractivity contribution in [2.75, 3.05) is 0 Å². The molecule has 0 radical (unpaired) electrons. The normalized spacial score (nSPS) is 10.8. The van der Waals surface area contributed by atoms with Gasteiger partial charge in [-0.15, -0.1) is 15.0 Å². The van der Waals surface area contributed by atoms with Gasteiger partial charge in [-0.3, -0.25) is 4.79 Å². The minimum absolute atomic E-state index is 0.0260. The van der Waals surface area contributed by atoms with Crippen LogP contribution in [0, 0.1) is 0 Å². The van der Waals surface area contributed by atoms with E-state index in [0.717, 1.165) is 0 Å². The fraction of sp³-hybridized carbons (Fsp3) is 0. The molecule has 1 heterocycles. The summed E-state index contributed by atoms with van der Waals surface area (Å²) in [5, 5.41) is 17.7. The number of aromatic hydroxyl groups is 1. The molecule has 3 rings (SSSR count). The van der Waals surface area contributed by atoms with Crippen LogP contribution in [0.3, 0.4) is 0 Å². The van der Waals surface area contributed by atoms with Crippen LogP contribution >= 0.6 is 11.6 Å². The standard InChI is InChI=1S/C13H8ClN3O2/c14-13(19)8-5-6-12(18)11(7-8)17-15-9-3-1-2-4-10(9)16-17/h1-7,18H. The van der Waals surface area contributed by atoms with Gasteiger partial charge in [-0.25, -0.2) is 0 Å². The molecular formula is C13H8ClN3O2. The van der Waals surface area contributed by atoms with E-state index in [1.807, 2.05) is 24.3 Å². The molecule has 0 saturated carbocycles. The molecule has 5 nitrogen and oxygen atoms in total. The third kappa shape index (κ3) is 2.04. The lowest BCUT2D eigenvalue weighted by atomic mass is 10.2. The zero-order valence-electron chi connectivity index (χ0n) is 9.62. The number of hydrogen-bond donors (Lipinski definition) is 1. The van der Waals surface area contributed by atoms with Crippen molar-refractivity contribution in [2.24, 2.45) is 0 Å². The van der Waals surface area contributed by atoms with Gasteiger partial charge in [-0.1, -0.05) is 12.1 Å². The predicted octanol–water partition coefficient (Wildman–Crippen LogP) is 2.51. The quantitative estimate of drug-likeness (QED) is 0.729. The van der Waals surface area contributed by atoms with Crippen LogP contribution in [0.1, 0.15) is 10.4 Å². The Hall–Kier alpha value is -2.40. The van der Waals surface area contributed by atoms with Crippen LogP contribution in [0.2, 0.25) is 0 Å². The number of rotatable bonds is 2. The highest BCUT2D eigenvalue weighted by molar-refractivity contribution is 6.67. The summed E-state index contributed by atoms with van der Waals surface area (Å²) in [6, 6.07) is 11.6. The number of phenolic OH excluding ortho intramolecular Hbond substituents is 1. The lowest BCUT2D eigenvalue weighted by Gasteiger charge is -2.03.